The van der Waals surface area contributed by atoms with Crippen molar-refractivity contribution in [3.63, 3.8) is 0 Å². The molecule has 0 spiro atoms. The lowest BCUT2D eigenvalue weighted by atomic mass is 9.72. The third-order valence-corrected chi connectivity index (χ3v) is 8.79. The Morgan fingerprint density at radius 3 is 2.58 bits per heavy atom. The quantitative estimate of drug-likeness (QED) is 0.228. The summed E-state index contributed by atoms with van der Waals surface area (Å²) in [5.41, 5.74) is -2.90. The molecule has 13 heteroatoms. The number of amides is 1. The second kappa shape index (κ2) is 12.7. The van der Waals surface area contributed by atoms with Crippen LogP contribution in [0.15, 0.2) is 18.2 Å². The predicted octanol–water partition coefficient (Wildman–Crippen LogP) is 1.61. The summed E-state index contributed by atoms with van der Waals surface area (Å²) in [4.78, 5) is 40.8. The van der Waals surface area contributed by atoms with Gasteiger partial charge in [-0.15, -0.1) is 0 Å². The molecule has 2 aromatic rings. The van der Waals surface area contributed by atoms with Crippen molar-refractivity contribution in [2.45, 2.75) is 69.4 Å². The van der Waals surface area contributed by atoms with Gasteiger partial charge in [-0.25, -0.2) is 0 Å². The van der Waals surface area contributed by atoms with E-state index in [4.69, 9.17) is 23.7 Å². The Morgan fingerprint density at radius 2 is 1.89 bits per heavy atom. The molecule has 2 fully saturated rings. The molecular weight excluding hydrogens is 588 g/mol. The van der Waals surface area contributed by atoms with Crippen LogP contribution in [0.1, 0.15) is 81.7 Å². The predicted molar refractivity (Wildman–Crippen MR) is 156 cm³/mol. The maximum Gasteiger partial charge on any atom is 0.252 e. The molecule has 5 N–H and O–H groups in total. The molecule has 0 saturated carbocycles. The minimum atomic E-state index is -2.05. The van der Waals surface area contributed by atoms with Crippen molar-refractivity contribution in [1.29, 1.82) is 0 Å². The van der Waals surface area contributed by atoms with E-state index in [-0.39, 0.29) is 58.9 Å². The van der Waals surface area contributed by atoms with Gasteiger partial charge in [0.2, 0.25) is 5.78 Å². The van der Waals surface area contributed by atoms with Gasteiger partial charge >= 0.3 is 0 Å². The summed E-state index contributed by atoms with van der Waals surface area (Å²) in [6, 6.07) is 4.51. The van der Waals surface area contributed by atoms with E-state index in [2.05, 4.69) is 10.6 Å². The van der Waals surface area contributed by atoms with Gasteiger partial charge in [-0.05, 0) is 18.9 Å². The van der Waals surface area contributed by atoms with Crippen LogP contribution in [-0.4, -0.2) is 97.0 Å². The van der Waals surface area contributed by atoms with Crippen LogP contribution >= 0.6 is 0 Å². The van der Waals surface area contributed by atoms with E-state index in [1.807, 2.05) is 6.92 Å². The van der Waals surface area contributed by atoms with Gasteiger partial charge < -0.3 is 44.3 Å². The third kappa shape index (κ3) is 5.68. The summed E-state index contributed by atoms with van der Waals surface area (Å²) >= 11 is 0. The minimum absolute atomic E-state index is 0.00317. The molecule has 0 aromatic heterocycles. The second-order valence-electron chi connectivity index (χ2n) is 11.8. The van der Waals surface area contributed by atoms with Crippen molar-refractivity contribution >= 4 is 17.5 Å². The lowest BCUT2D eigenvalue weighted by Gasteiger charge is -2.41. The van der Waals surface area contributed by atoms with Gasteiger partial charge in [-0.3, -0.25) is 19.7 Å². The molecule has 4 aliphatic rings. The number of carbonyl (C=O) groups excluding carboxylic acids is 3. The van der Waals surface area contributed by atoms with E-state index in [1.54, 1.807) is 6.07 Å². The zero-order valence-electron chi connectivity index (χ0n) is 25.2. The highest BCUT2D eigenvalue weighted by atomic mass is 16.7. The Bertz CT molecular complexity index is 1500. The number of rotatable bonds is 8. The number of ketones is 2. The average molecular weight is 627 g/mol. The van der Waals surface area contributed by atoms with Crippen molar-refractivity contribution in [2.24, 2.45) is 0 Å². The number of fused-ring (bicyclic) bond motifs is 3. The number of hydrogen-bond donors (Lipinski definition) is 5. The van der Waals surface area contributed by atoms with Crippen LogP contribution in [0.4, 0.5) is 0 Å². The molecule has 45 heavy (non-hydrogen) atoms. The maximum atomic E-state index is 13.8. The number of methoxy groups -OCH3 is 1. The summed E-state index contributed by atoms with van der Waals surface area (Å²) in [5.74, 6) is -3.10. The van der Waals surface area contributed by atoms with Gasteiger partial charge in [0.15, 0.2) is 12.1 Å². The number of ether oxygens (including phenoxy) is 5. The topological polar surface area (TPSA) is 182 Å². The lowest BCUT2D eigenvalue weighted by Crippen LogP contribution is -2.52. The molecular formula is C32H38N2O11. The SMILES string of the molecule is CCCNC(=O)[C@]1(O)Cc2c(O)c3c(c(O)c2[C@@H](OC2CC[C@H](OC4COCCN4)CO2)C1)C(=O)c1c(OC)cccc1C3=O. The summed E-state index contributed by atoms with van der Waals surface area (Å²) in [7, 11) is 1.36. The first-order valence-corrected chi connectivity index (χ1v) is 15.3. The molecule has 242 valence electrons. The fourth-order valence-electron chi connectivity index (χ4n) is 6.57. The highest BCUT2D eigenvalue weighted by molar-refractivity contribution is 6.31. The van der Waals surface area contributed by atoms with E-state index in [0.717, 1.165) is 0 Å². The van der Waals surface area contributed by atoms with Gasteiger partial charge in [0.1, 0.15) is 29.1 Å². The Morgan fingerprint density at radius 1 is 1.09 bits per heavy atom. The molecule has 13 nitrogen and oxygen atoms in total. The Hall–Kier alpha value is -3.59. The molecule has 5 atom stereocenters. The summed E-state index contributed by atoms with van der Waals surface area (Å²) in [5, 5.41) is 40.9. The van der Waals surface area contributed by atoms with Crippen LogP contribution in [0.2, 0.25) is 0 Å². The van der Waals surface area contributed by atoms with Crippen LogP contribution < -0.4 is 15.4 Å². The van der Waals surface area contributed by atoms with E-state index in [0.29, 0.717) is 45.6 Å². The standard InChI is InChI=1S/C32H38N2O11/c1-3-9-34-31(39)32(40)12-18-24(20(13-32)45-22-8-7-16(14-43-22)44-21-15-42-11-10-33-21)30(38)26-25(28(18)36)27(35)17-5-4-6-19(41-2)23(17)29(26)37/h4-6,16,20-22,33,36,38,40H,3,7-15H2,1-2H3,(H,34,39)/t16-,20-,21?,22?,32-/m0/s1. The van der Waals surface area contributed by atoms with Crippen LogP contribution in [0.3, 0.4) is 0 Å². The minimum Gasteiger partial charge on any atom is -0.507 e. The average Bonchev–Trinajstić information content (AvgIpc) is 3.04. The molecule has 2 saturated heterocycles. The van der Waals surface area contributed by atoms with Gasteiger partial charge in [0, 0.05) is 49.0 Å². The van der Waals surface area contributed by atoms with Gasteiger partial charge in [-0.2, -0.15) is 0 Å². The summed E-state index contributed by atoms with van der Waals surface area (Å²) < 4.78 is 29.1. The third-order valence-electron chi connectivity index (χ3n) is 8.79. The van der Waals surface area contributed by atoms with Crippen molar-refractivity contribution < 1.29 is 53.4 Å². The number of aliphatic hydroxyl groups is 1. The zero-order valence-corrected chi connectivity index (χ0v) is 25.2. The molecule has 6 rings (SSSR count). The van der Waals surface area contributed by atoms with Crippen LogP contribution in [-0.2, 0) is 30.2 Å². The van der Waals surface area contributed by atoms with Crippen molar-refractivity contribution in [1.82, 2.24) is 10.6 Å². The van der Waals surface area contributed by atoms with Gasteiger partial charge in [-0.1, -0.05) is 19.1 Å². The smallest absolute Gasteiger partial charge is 0.252 e. The lowest BCUT2D eigenvalue weighted by molar-refractivity contribution is -0.233. The molecule has 0 bridgehead atoms. The number of aromatic hydroxyl groups is 2. The first kappa shape index (κ1) is 31.4. The normalized spacial score (nSPS) is 27.7. The van der Waals surface area contributed by atoms with E-state index in [9.17, 15) is 29.7 Å². The highest BCUT2D eigenvalue weighted by Gasteiger charge is 2.50. The van der Waals surface area contributed by atoms with Crippen LogP contribution in [0.5, 0.6) is 17.2 Å². The first-order valence-electron chi connectivity index (χ1n) is 15.3. The van der Waals surface area contributed by atoms with Crippen LogP contribution in [0, 0.1) is 0 Å². The Balaban J connectivity index is 1.35. The Labute approximate surface area is 259 Å². The number of hydrogen-bond acceptors (Lipinski definition) is 12. The fourth-order valence-corrected chi connectivity index (χ4v) is 6.57. The number of carbonyl (C=O) groups is 3. The number of morpholine rings is 1. The molecule has 2 heterocycles. The second-order valence-corrected chi connectivity index (χ2v) is 11.8. The number of benzene rings is 2. The highest BCUT2D eigenvalue weighted by Crippen LogP contribution is 2.52. The van der Waals surface area contributed by atoms with Crippen molar-refractivity contribution in [3.05, 3.63) is 51.6 Å². The van der Waals surface area contributed by atoms with Gasteiger partial charge in [0.25, 0.3) is 5.91 Å². The van der Waals surface area contributed by atoms with Crippen LogP contribution in [0.25, 0.3) is 0 Å². The molecule has 2 aromatic carbocycles. The molecule has 2 unspecified atom stereocenters. The molecule has 2 aliphatic carbocycles. The van der Waals surface area contributed by atoms with E-state index < -0.39 is 59.0 Å². The fraction of sp³-hybridized carbons (Fsp3) is 0.531. The number of nitrogens with one attached hydrogen (secondary N) is 2. The molecule has 2 aliphatic heterocycles. The van der Waals surface area contributed by atoms with Gasteiger partial charge in [0.05, 0.1) is 55.8 Å². The van der Waals surface area contributed by atoms with E-state index >= 15 is 0 Å². The molecule has 1 amide bonds. The number of phenols is 2. The first-order chi connectivity index (χ1) is 21.7. The maximum absolute atomic E-state index is 13.8. The zero-order chi connectivity index (χ0) is 31.9. The van der Waals surface area contributed by atoms with E-state index in [1.165, 1.54) is 19.2 Å². The monoisotopic (exact) mass is 626 g/mol. The van der Waals surface area contributed by atoms with Crippen molar-refractivity contribution in [2.75, 3.05) is 40.0 Å². The summed E-state index contributed by atoms with van der Waals surface area (Å²) in [6.07, 6.45) is -1.58. The summed E-state index contributed by atoms with van der Waals surface area (Å²) in [6.45, 7) is 4.11. The largest absolute Gasteiger partial charge is 0.507 e. The number of phenolic OH excluding ortho intramolecular Hbond substituents is 2. The van der Waals surface area contributed by atoms with Crippen molar-refractivity contribution in [3.8, 4) is 17.2 Å². The molecule has 0 radical (unpaired) electrons. The Kier molecular flexibility index (Phi) is 8.83.